The third-order valence-electron chi connectivity index (χ3n) is 7.98. The Morgan fingerprint density at radius 1 is 1.26 bits per heavy atom. The van der Waals surface area contributed by atoms with Crippen LogP contribution in [-0.2, 0) is 23.8 Å². The normalized spacial score (nSPS) is 28.0. The standard InChI is InChI=1S/C25H36BrN5O6S/c1-24(2,3)37-23(34)28-18(21(32)31-15-9-14(10-15)17(29-31)22(33)35-4)19(20-27-16(26)11-38-20)30-12-25(13-30)5-7-36-8-6-25/h11,14-15,17-19,29H,5-10,12-13H2,1-4H3,(H,28,34)/t14?,15?,17-,18-,19-/m0/s1. The average Bonchev–Trinajstić information content (AvgIpc) is 3.25. The quantitative estimate of drug-likeness (QED) is 0.466. The zero-order chi connectivity index (χ0) is 27.2. The maximum absolute atomic E-state index is 14.3. The number of alkyl carbamates (subject to hydrolysis) is 1. The highest BCUT2D eigenvalue weighted by Crippen LogP contribution is 2.46. The number of halogens is 1. The third-order valence-corrected chi connectivity index (χ3v) is 9.61. The Morgan fingerprint density at radius 3 is 2.53 bits per heavy atom. The molecule has 2 bridgehead atoms. The second kappa shape index (κ2) is 10.6. The van der Waals surface area contributed by atoms with Gasteiger partial charge in [-0.25, -0.2) is 15.2 Å². The van der Waals surface area contributed by atoms with Gasteiger partial charge in [-0.15, -0.1) is 11.3 Å². The van der Waals surface area contributed by atoms with Crippen molar-refractivity contribution in [1.82, 2.24) is 25.6 Å². The van der Waals surface area contributed by atoms with E-state index < -0.39 is 35.8 Å². The van der Waals surface area contributed by atoms with Gasteiger partial charge in [0.1, 0.15) is 27.3 Å². The van der Waals surface area contributed by atoms with Gasteiger partial charge in [0.2, 0.25) is 0 Å². The van der Waals surface area contributed by atoms with E-state index >= 15 is 0 Å². The van der Waals surface area contributed by atoms with Crippen LogP contribution in [0, 0.1) is 11.3 Å². The molecule has 6 rings (SSSR count). The minimum atomic E-state index is -0.983. The number of hydrogen-bond acceptors (Lipinski definition) is 10. The van der Waals surface area contributed by atoms with Crippen molar-refractivity contribution in [3.8, 4) is 0 Å². The Hall–Kier alpha value is -1.80. The van der Waals surface area contributed by atoms with Gasteiger partial charge in [0, 0.05) is 43.1 Å². The van der Waals surface area contributed by atoms with Crippen molar-refractivity contribution in [2.24, 2.45) is 11.3 Å². The summed E-state index contributed by atoms with van der Waals surface area (Å²) in [6, 6.07) is -2.14. The van der Waals surface area contributed by atoms with Crippen LogP contribution in [0.15, 0.2) is 9.98 Å². The number of nitrogens with one attached hydrogen (secondary N) is 2. The number of methoxy groups -OCH3 is 1. The van der Waals surface area contributed by atoms with Crippen LogP contribution in [0.1, 0.15) is 57.5 Å². The molecule has 1 aliphatic carbocycles. The topological polar surface area (TPSA) is 122 Å². The molecule has 3 atom stereocenters. The fourth-order valence-corrected chi connectivity index (χ4v) is 7.43. The van der Waals surface area contributed by atoms with Crippen molar-refractivity contribution < 1.29 is 28.6 Å². The largest absolute Gasteiger partial charge is 0.468 e. The van der Waals surface area contributed by atoms with Gasteiger partial charge in [-0.3, -0.25) is 19.5 Å². The average molecular weight is 615 g/mol. The van der Waals surface area contributed by atoms with Gasteiger partial charge in [0.15, 0.2) is 0 Å². The van der Waals surface area contributed by atoms with Gasteiger partial charge in [-0.05, 0) is 68.3 Å². The third kappa shape index (κ3) is 5.58. The number of aromatic nitrogens is 1. The molecule has 2 N–H and O–H groups in total. The number of thiazole rings is 1. The van der Waals surface area contributed by atoms with Crippen molar-refractivity contribution in [3.63, 3.8) is 0 Å². The molecule has 2 amide bonds. The van der Waals surface area contributed by atoms with E-state index in [4.69, 9.17) is 14.2 Å². The first kappa shape index (κ1) is 27.8. The van der Waals surface area contributed by atoms with Crippen molar-refractivity contribution in [3.05, 3.63) is 15.0 Å². The monoisotopic (exact) mass is 613 g/mol. The summed E-state index contributed by atoms with van der Waals surface area (Å²) in [5, 5.41) is 7.02. The Balaban J connectivity index is 1.45. The molecule has 210 valence electrons. The van der Waals surface area contributed by atoms with Gasteiger partial charge < -0.3 is 19.5 Å². The van der Waals surface area contributed by atoms with E-state index in [0.717, 1.165) is 44.2 Å². The molecule has 11 nitrogen and oxygen atoms in total. The lowest BCUT2D eigenvalue weighted by atomic mass is 9.72. The molecule has 13 heteroatoms. The van der Waals surface area contributed by atoms with Crippen LogP contribution < -0.4 is 10.7 Å². The molecule has 5 heterocycles. The highest BCUT2D eigenvalue weighted by atomic mass is 79.9. The number of nitrogens with zero attached hydrogens (tertiary/aromatic N) is 3. The summed E-state index contributed by atoms with van der Waals surface area (Å²) in [6.45, 7) is 8.37. The van der Waals surface area contributed by atoms with Crippen molar-refractivity contribution in [2.45, 2.75) is 76.2 Å². The summed E-state index contributed by atoms with van der Waals surface area (Å²) in [5.41, 5.74) is 2.51. The molecule has 1 spiro atoms. The van der Waals surface area contributed by atoms with Gasteiger partial charge in [0.25, 0.3) is 5.91 Å². The Labute approximate surface area is 235 Å². The smallest absolute Gasteiger partial charge is 0.408 e. The van der Waals surface area contributed by atoms with Gasteiger partial charge in [-0.2, -0.15) is 0 Å². The summed E-state index contributed by atoms with van der Waals surface area (Å²) in [4.78, 5) is 46.7. The molecular formula is C25H36BrN5O6S. The number of carbonyl (C=O) groups excluding carboxylic acids is 3. The highest BCUT2D eigenvalue weighted by Gasteiger charge is 2.55. The predicted octanol–water partition coefficient (Wildman–Crippen LogP) is 2.62. The molecule has 4 saturated heterocycles. The van der Waals surface area contributed by atoms with E-state index in [1.54, 1.807) is 20.8 Å². The van der Waals surface area contributed by atoms with E-state index in [1.165, 1.54) is 23.5 Å². The number of rotatable bonds is 6. The van der Waals surface area contributed by atoms with Crippen LogP contribution in [0.5, 0.6) is 0 Å². The van der Waals surface area contributed by atoms with Crippen LogP contribution in [-0.4, -0.2) is 90.0 Å². The van der Waals surface area contributed by atoms with Crippen molar-refractivity contribution in [1.29, 1.82) is 0 Å². The summed E-state index contributed by atoms with van der Waals surface area (Å²) in [7, 11) is 1.35. The van der Waals surface area contributed by atoms with Crippen molar-refractivity contribution >= 4 is 45.2 Å². The van der Waals surface area contributed by atoms with Crippen LogP contribution in [0.4, 0.5) is 4.79 Å². The first-order valence-corrected chi connectivity index (χ1v) is 14.8. The van der Waals surface area contributed by atoms with E-state index in [2.05, 4.69) is 36.6 Å². The highest BCUT2D eigenvalue weighted by molar-refractivity contribution is 9.10. The lowest BCUT2D eigenvalue weighted by molar-refractivity contribution is -0.170. The number of esters is 1. The number of hydrazine groups is 1. The molecule has 0 radical (unpaired) electrons. The lowest BCUT2D eigenvalue weighted by Crippen LogP contribution is -2.73. The molecule has 1 aromatic rings. The van der Waals surface area contributed by atoms with Gasteiger partial charge >= 0.3 is 12.1 Å². The van der Waals surface area contributed by atoms with Crippen LogP contribution >= 0.6 is 27.3 Å². The minimum Gasteiger partial charge on any atom is -0.468 e. The van der Waals surface area contributed by atoms with Gasteiger partial charge in [-0.1, -0.05) is 0 Å². The predicted molar refractivity (Wildman–Crippen MR) is 142 cm³/mol. The molecule has 4 aliphatic heterocycles. The summed E-state index contributed by atoms with van der Waals surface area (Å²) >= 11 is 4.89. The van der Waals surface area contributed by atoms with Crippen LogP contribution in [0.3, 0.4) is 0 Å². The molecule has 0 unspecified atom stereocenters. The number of likely N-dealkylation sites (tertiary alicyclic amines) is 1. The van der Waals surface area contributed by atoms with E-state index in [0.29, 0.717) is 17.4 Å². The first-order valence-electron chi connectivity index (χ1n) is 13.1. The molecule has 38 heavy (non-hydrogen) atoms. The second-order valence-corrected chi connectivity index (χ2v) is 13.5. The Bertz CT molecular complexity index is 1060. The van der Waals surface area contributed by atoms with E-state index in [-0.39, 0.29) is 23.3 Å². The zero-order valence-electron chi connectivity index (χ0n) is 22.2. The van der Waals surface area contributed by atoms with Gasteiger partial charge in [0.05, 0.1) is 13.2 Å². The number of fused-ring (bicyclic) bond motifs is 2. The maximum atomic E-state index is 14.3. The number of hydrogen-bond donors (Lipinski definition) is 2. The summed E-state index contributed by atoms with van der Waals surface area (Å²) in [5.74, 6) is -0.590. The molecule has 5 aliphatic rings. The van der Waals surface area contributed by atoms with E-state index in [9.17, 15) is 14.4 Å². The Morgan fingerprint density at radius 2 is 1.95 bits per heavy atom. The molecule has 0 aromatic carbocycles. The summed E-state index contributed by atoms with van der Waals surface area (Å²) in [6.07, 6.45) is 2.67. The fourth-order valence-electron chi connectivity index (χ4n) is 5.99. The molecule has 1 aromatic heterocycles. The summed E-state index contributed by atoms with van der Waals surface area (Å²) < 4.78 is 16.8. The number of amides is 2. The number of carbonyl (C=O) groups is 3. The molecule has 1 saturated carbocycles. The van der Waals surface area contributed by atoms with Crippen LogP contribution in [0.2, 0.25) is 0 Å². The second-order valence-electron chi connectivity index (χ2n) is 11.8. The van der Waals surface area contributed by atoms with Crippen LogP contribution in [0.25, 0.3) is 0 Å². The molecule has 5 fully saturated rings. The maximum Gasteiger partial charge on any atom is 0.408 e. The fraction of sp³-hybridized carbons (Fsp3) is 0.760. The minimum absolute atomic E-state index is 0.0572. The number of ether oxygens (including phenoxy) is 3. The molecular weight excluding hydrogens is 578 g/mol. The Kier molecular flexibility index (Phi) is 7.77. The zero-order valence-corrected chi connectivity index (χ0v) is 24.6. The van der Waals surface area contributed by atoms with E-state index in [1.807, 2.05) is 5.38 Å². The van der Waals surface area contributed by atoms with Crippen molar-refractivity contribution in [2.75, 3.05) is 33.4 Å². The lowest BCUT2D eigenvalue weighted by Gasteiger charge is -2.56. The SMILES string of the molecule is COC(=O)[C@H]1NN(C(=O)[C@@H](NC(=O)OC(C)(C)C)[C@@H](c2nc(Br)cs2)N2CC3(CCOCC3)C2)C2CC1C2. The first-order chi connectivity index (χ1) is 18.0.